The lowest BCUT2D eigenvalue weighted by molar-refractivity contribution is 1.18. The number of hydrogen-bond donors (Lipinski definition) is 0. The summed E-state index contributed by atoms with van der Waals surface area (Å²) in [7, 11) is 0. The van der Waals surface area contributed by atoms with E-state index in [-0.39, 0.29) is 0 Å². The van der Waals surface area contributed by atoms with E-state index in [0.717, 1.165) is 49.9 Å². The summed E-state index contributed by atoms with van der Waals surface area (Å²) in [6.07, 6.45) is 0. The number of rotatable bonds is 4. The van der Waals surface area contributed by atoms with Gasteiger partial charge in [0.25, 0.3) is 0 Å². The second kappa shape index (κ2) is 10.4. The molecule has 3 nitrogen and oxygen atoms in total. The van der Waals surface area contributed by atoms with Crippen molar-refractivity contribution in [3.63, 3.8) is 0 Å². The number of nitrogens with zero attached hydrogens (tertiary/aromatic N) is 3. The average Bonchev–Trinajstić information content (AvgIpc) is 3.64. The molecule has 0 atom stereocenters. The van der Waals surface area contributed by atoms with E-state index in [4.69, 9.17) is 6.57 Å². The second-order valence-corrected chi connectivity index (χ2v) is 11.7. The van der Waals surface area contributed by atoms with Gasteiger partial charge >= 0.3 is 0 Å². The lowest BCUT2D eigenvalue weighted by Crippen LogP contribution is -2.00. The standard InChI is InChI=1S/C43H27N3/c1-44-31-25-26-41-37(28-31)36-19-7-10-23-40(36)46(41)42-24-12-20-33(43(42)29-13-3-2-4-14-29)30-15-11-16-32(27-30)45-38-21-8-5-17-34(38)35-18-6-9-22-39(35)45/h2-28H. The van der Waals surface area contributed by atoms with Gasteiger partial charge in [-0.15, -0.1) is 0 Å². The molecule has 0 spiro atoms. The molecule has 214 valence electrons. The van der Waals surface area contributed by atoms with Crippen molar-refractivity contribution < 1.29 is 0 Å². The fraction of sp³-hybridized carbons (Fsp3) is 0. The monoisotopic (exact) mass is 585 g/mol. The van der Waals surface area contributed by atoms with Gasteiger partial charge in [-0.3, -0.25) is 0 Å². The molecule has 3 heteroatoms. The molecule has 0 aliphatic carbocycles. The van der Waals surface area contributed by atoms with Crippen LogP contribution >= 0.6 is 0 Å². The first-order chi connectivity index (χ1) is 22.8. The van der Waals surface area contributed by atoms with Crippen LogP contribution in [0.2, 0.25) is 0 Å². The van der Waals surface area contributed by atoms with E-state index in [1.165, 1.54) is 27.4 Å². The summed E-state index contributed by atoms with van der Waals surface area (Å²) in [5.74, 6) is 0. The van der Waals surface area contributed by atoms with Gasteiger partial charge in [-0.2, -0.15) is 0 Å². The summed E-state index contributed by atoms with van der Waals surface area (Å²) in [6, 6.07) is 58.0. The Kier molecular flexibility index (Phi) is 5.88. The Morgan fingerprint density at radius 1 is 0.413 bits per heavy atom. The highest BCUT2D eigenvalue weighted by atomic mass is 15.0. The van der Waals surface area contributed by atoms with E-state index >= 15 is 0 Å². The third kappa shape index (κ3) is 3.91. The first kappa shape index (κ1) is 26.1. The van der Waals surface area contributed by atoms with Crippen molar-refractivity contribution in [2.24, 2.45) is 0 Å². The maximum Gasteiger partial charge on any atom is 0.188 e. The van der Waals surface area contributed by atoms with Gasteiger partial charge in [0.1, 0.15) is 0 Å². The first-order valence-corrected chi connectivity index (χ1v) is 15.5. The summed E-state index contributed by atoms with van der Waals surface area (Å²) < 4.78 is 4.74. The molecule has 0 saturated heterocycles. The minimum atomic E-state index is 0.648. The first-order valence-electron chi connectivity index (χ1n) is 15.5. The van der Waals surface area contributed by atoms with Gasteiger partial charge in [0.15, 0.2) is 5.69 Å². The smallest absolute Gasteiger partial charge is 0.188 e. The van der Waals surface area contributed by atoms with Crippen molar-refractivity contribution in [3.8, 4) is 33.6 Å². The SMILES string of the molecule is [C-]#[N+]c1ccc2c(c1)c1ccccc1n2-c1cccc(-c2cccc(-n3c4ccccc4c4ccccc43)c2)c1-c1ccccc1. The lowest BCUT2D eigenvalue weighted by atomic mass is 9.92. The van der Waals surface area contributed by atoms with Crippen LogP contribution in [0.1, 0.15) is 0 Å². The zero-order valence-electron chi connectivity index (χ0n) is 24.9. The van der Waals surface area contributed by atoms with Crippen LogP contribution in [-0.2, 0) is 0 Å². The van der Waals surface area contributed by atoms with Crippen molar-refractivity contribution in [3.05, 3.63) is 175 Å². The van der Waals surface area contributed by atoms with Gasteiger partial charge in [-0.25, -0.2) is 4.85 Å². The van der Waals surface area contributed by atoms with Crippen LogP contribution in [0.4, 0.5) is 5.69 Å². The molecule has 0 aliphatic rings. The van der Waals surface area contributed by atoms with Gasteiger partial charge in [0.05, 0.1) is 34.3 Å². The van der Waals surface area contributed by atoms with E-state index in [9.17, 15) is 0 Å². The molecule has 0 saturated carbocycles. The molecule has 0 amide bonds. The van der Waals surface area contributed by atoms with Crippen LogP contribution in [-0.4, -0.2) is 9.13 Å². The maximum atomic E-state index is 7.64. The molecule has 0 bridgehead atoms. The maximum absolute atomic E-state index is 7.64. The zero-order chi connectivity index (χ0) is 30.6. The van der Waals surface area contributed by atoms with E-state index in [1.54, 1.807) is 0 Å². The van der Waals surface area contributed by atoms with Crippen LogP contribution in [0.3, 0.4) is 0 Å². The number of aromatic nitrogens is 2. The zero-order valence-corrected chi connectivity index (χ0v) is 24.9. The summed E-state index contributed by atoms with van der Waals surface area (Å²) >= 11 is 0. The second-order valence-electron chi connectivity index (χ2n) is 11.7. The summed E-state index contributed by atoms with van der Waals surface area (Å²) in [6.45, 7) is 7.64. The minimum absolute atomic E-state index is 0.648. The molecule has 2 heterocycles. The average molecular weight is 586 g/mol. The number of hydrogen-bond acceptors (Lipinski definition) is 0. The molecule has 0 aliphatic heterocycles. The topological polar surface area (TPSA) is 14.2 Å². The highest BCUT2D eigenvalue weighted by Crippen LogP contribution is 2.42. The Balaban J connectivity index is 1.33. The van der Waals surface area contributed by atoms with Crippen molar-refractivity contribution in [1.82, 2.24) is 9.13 Å². The molecule has 2 aromatic heterocycles. The molecule has 9 rings (SSSR count). The van der Waals surface area contributed by atoms with E-state index in [1.807, 2.05) is 12.1 Å². The predicted molar refractivity (Wildman–Crippen MR) is 192 cm³/mol. The van der Waals surface area contributed by atoms with Gasteiger partial charge in [0.2, 0.25) is 0 Å². The van der Waals surface area contributed by atoms with E-state index < -0.39 is 0 Å². The highest BCUT2D eigenvalue weighted by Gasteiger charge is 2.20. The summed E-state index contributed by atoms with van der Waals surface area (Å²) in [5, 5.41) is 4.73. The van der Waals surface area contributed by atoms with Gasteiger partial charge in [0, 0.05) is 27.4 Å². The minimum Gasteiger partial charge on any atom is -0.309 e. The van der Waals surface area contributed by atoms with Crippen molar-refractivity contribution in [1.29, 1.82) is 0 Å². The molecule has 0 N–H and O–H groups in total. The number of benzene rings is 7. The Hall–Kier alpha value is -6.37. The molecule has 46 heavy (non-hydrogen) atoms. The van der Waals surface area contributed by atoms with Crippen molar-refractivity contribution >= 4 is 49.3 Å². The lowest BCUT2D eigenvalue weighted by Gasteiger charge is -2.19. The van der Waals surface area contributed by atoms with Crippen molar-refractivity contribution in [2.75, 3.05) is 0 Å². The van der Waals surface area contributed by atoms with Crippen LogP contribution in [0.25, 0.3) is 82.1 Å². The normalized spacial score (nSPS) is 11.5. The largest absolute Gasteiger partial charge is 0.309 e. The Labute approximate surface area is 266 Å². The van der Waals surface area contributed by atoms with Crippen molar-refractivity contribution in [2.45, 2.75) is 0 Å². The Bertz CT molecular complexity index is 2600. The van der Waals surface area contributed by atoms with Crippen LogP contribution in [0.15, 0.2) is 164 Å². The third-order valence-corrected chi connectivity index (χ3v) is 9.13. The Morgan fingerprint density at radius 2 is 0.978 bits per heavy atom. The molecule has 0 radical (unpaired) electrons. The van der Waals surface area contributed by atoms with Gasteiger partial charge in [-0.05, 0) is 70.6 Å². The molecule has 0 unspecified atom stereocenters. The molecule has 0 fully saturated rings. The fourth-order valence-corrected chi connectivity index (χ4v) is 7.18. The summed E-state index contributed by atoms with van der Waals surface area (Å²) in [4.78, 5) is 3.73. The van der Waals surface area contributed by atoms with E-state index in [0.29, 0.717) is 5.69 Å². The number of fused-ring (bicyclic) bond motifs is 6. The van der Waals surface area contributed by atoms with Crippen LogP contribution < -0.4 is 0 Å². The summed E-state index contributed by atoms with van der Waals surface area (Å²) in [5.41, 5.74) is 12.1. The molecule has 7 aromatic carbocycles. The molecular weight excluding hydrogens is 558 g/mol. The number of para-hydroxylation sites is 3. The predicted octanol–water partition coefficient (Wildman–Crippen LogP) is 11.8. The van der Waals surface area contributed by atoms with Crippen LogP contribution in [0, 0.1) is 6.57 Å². The fourth-order valence-electron chi connectivity index (χ4n) is 7.18. The third-order valence-electron chi connectivity index (χ3n) is 9.13. The molecular formula is C43H27N3. The molecule has 9 aromatic rings. The van der Waals surface area contributed by atoms with Gasteiger partial charge in [-0.1, -0.05) is 115 Å². The van der Waals surface area contributed by atoms with Gasteiger partial charge < -0.3 is 9.13 Å². The highest BCUT2D eigenvalue weighted by molar-refractivity contribution is 6.11. The van der Waals surface area contributed by atoms with E-state index in [2.05, 4.69) is 166 Å². The van der Waals surface area contributed by atoms with Crippen LogP contribution in [0.5, 0.6) is 0 Å². The Morgan fingerprint density at radius 3 is 1.67 bits per heavy atom. The quantitative estimate of drug-likeness (QED) is 0.182.